The predicted molar refractivity (Wildman–Crippen MR) is 153 cm³/mol. The van der Waals surface area contributed by atoms with Crippen molar-refractivity contribution in [3.63, 3.8) is 0 Å². The number of benzene rings is 4. The second kappa shape index (κ2) is 12.3. The van der Waals surface area contributed by atoms with Crippen LogP contribution in [0.3, 0.4) is 0 Å². The first kappa shape index (κ1) is 26.1. The Balaban J connectivity index is 0.000000135. The van der Waals surface area contributed by atoms with Crippen molar-refractivity contribution in [1.29, 1.82) is 0 Å². The van der Waals surface area contributed by atoms with Gasteiger partial charge in [0.05, 0.1) is 0 Å². The molecule has 5 aromatic rings. The molecule has 1 unspecified atom stereocenters. The van der Waals surface area contributed by atoms with E-state index in [9.17, 15) is 0 Å². The van der Waals surface area contributed by atoms with E-state index in [0.717, 1.165) is 0 Å². The van der Waals surface area contributed by atoms with E-state index in [-0.39, 0.29) is 0 Å². The summed E-state index contributed by atoms with van der Waals surface area (Å²) in [6.45, 7) is 8.48. The Morgan fingerprint density at radius 2 is 1.17 bits per heavy atom. The van der Waals surface area contributed by atoms with Crippen LogP contribution in [0.1, 0.15) is 36.1 Å². The van der Waals surface area contributed by atoms with E-state index in [4.69, 9.17) is 0 Å². The molecule has 0 spiro atoms. The summed E-state index contributed by atoms with van der Waals surface area (Å²) in [4.78, 5) is 0. The number of rotatable bonds is 2. The van der Waals surface area contributed by atoms with Crippen LogP contribution >= 0.6 is 0 Å². The van der Waals surface area contributed by atoms with Gasteiger partial charge in [-0.3, -0.25) is 6.08 Å². The van der Waals surface area contributed by atoms with Crippen LogP contribution in [-0.2, 0) is 24.2 Å². The zero-order valence-corrected chi connectivity index (χ0v) is 24.0. The molecule has 1 aliphatic carbocycles. The van der Waals surface area contributed by atoms with Gasteiger partial charge in [0.25, 0.3) is 0 Å². The van der Waals surface area contributed by atoms with Gasteiger partial charge in [-0.15, -0.1) is 39.7 Å². The number of fused-ring (bicyclic) bond motifs is 3. The molecule has 0 bridgehead atoms. The quantitative estimate of drug-likeness (QED) is 0.195. The predicted octanol–water partition coefficient (Wildman–Crippen LogP) is 9.07. The zero-order valence-electron chi connectivity index (χ0n) is 21.5. The van der Waals surface area contributed by atoms with Gasteiger partial charge in [0.1, 0.15) is 0 Å². The third-order valence-electron chi connectivity index (χ3n) is 6.23. The summed E-state index contributed by atoms with van der Waals surface area (Å²) in [6.07, 6.45) is 7.47. The third kappa shape index (κ3) is 6.80. The van der Waals surface area contributed by atoms with Crippen molar-refractivity contribution >= 4 is 24.8 Å². The molecule has 1 heteroatoms. The van der Waals surface area contributed by atoms with E-state index >= 15 is 0 Å². The fraction of sp³-hybridized carbons (Fsp3) is 0.143. The van der Waals surface area contributed by atoms with E-state index in [2.05, 4.69) is 149 Å². The molecule has 176 valence electrons. The standard InChI is InChI=1S/C15H13.C13H10.C7H9.Zr/c1-10-3-5-14-12(7-10)9-13-8-11(2)4-6-15(13)14;1-3-7-12(8-4-1)11-13-9-5-2-6-10-13;1-6-3-4-7(2)5-6;/h3-9H,1-2H3;1-10H;3-4,6H,1-2H3;/q-1;;-1;+2. The molecule has 0 N–H and O–H groups in total. The first-order valence-electron chi connectivity index (χ1n) is 12.4. The van der Waals surface area contributed by atoms with Crippen LogP contribution in [0.15, 0.2) is 121 Å². The van der Waals surface area contributed by atoms with Crippen LogP contribution in [-0.4, -0.2) is 3.21 Å². The molecule has 6 rings (SSSR count). The second-order valence-corrected chi connectivity index (χ2v) is 10.6. The SMILES string of the molecule is CC1=[C-]C(C)C=C1.Cc1ccc2c(c1)[cH-]c1cc(C)ccc12.[Zr+2]=[C](c1ccccc1)c1ccccc1. The Kier molecular flexibility index (Phi) is 8.90. The Morgan fingerprint density at radius 1 is 0.694 bits per heavy atom. The Bertz CT molecular complexity index is 1420. The molecular formula is C35H32Zr. The van der Waals surface area contributed by atoms with Gasteiger partial charge >= 0.3 is 99.2 Å². The van der Waals surface area contributed by atoms with Crippen LogP contribution in [0.2, 0.25) is 0 Å². The van der Waals surface area contributed by atoms with Crippen LogP contribution in [0.25, 0.3) is 21.5 Å². The van der Waals surface area contributed by atoms with Gasteiger partial charge in [-0.2, -0.15) is 6.08 Å². The molecular weight excluding hydrogens is 512 g/mol. The summed E-state index contributed by atoms with van der Waals surface area (Å²) in [5.74, 6) is 0.556. The minimum atomic E-state index is 0.556. The van der Waals surface area contributed by atoms with Crippen molar-refractivity contribution in [2.75, 3.05) is 0 Å². The Hall–Kier alpha value is -3.02. The zero-order chi connectivity index (χ0) is 25.5. The average Bonchev–Trinajstić information content (AvgIpc) is 3.45. The molecule has 36 heavy (non-hydrogen) atoms. The molecule has 0 amide bonds. The number of allylic oxidation sites excluding steroid dienone is 4. The van der Waals surface area contributed by atoms with Crippen molar-refractivity contribution in [2.24, 2.45) is 5.92 Å². The molecule has 1 aliphatic rings. The summed E-state index contributed by atoms with van der Waals surface area (Å²) in [5.41, 5.74) is 6.59. The summed E-state index contributed by atoms with van der Waals surface area (Å²) in [6, 6.07) is 36.7. The van der Waals surface area contributed by atoms with Gasteiger partial charge in [-0.1, -0.05) is 55.2 Å². The molecule has 1 atom stereocenters. The van der Waals surface area contributed by atoms with Gasteiger partial charge in [0, 0.05) is 0 Å². The van der Waals surface area contributed by atoms with Gasteiger partial charge in [0.15, 0.2) is 0 Å². The normalized spacial score (nSPS) is 14.1. The summed E-state index contributed by atoms with van der Waals surface area (Å²) in [5, 5.41) is 5.46. The van der Waals surface area contributed by atoms with E-state index in [1.165, 1.54) is 76.8 Å². The van der Waals surface area contributed by atoms with Gasteiger partial charge in [0.2, 0.25) is 0 Å². The van der Waals surface area contributed by atoms with E-state index < -0.39 is 0 Å². The summed E-state index contributed by atoms with van der Waals surface area (Å²) < 4.78 is 1.42. The van der Waals surface area contributed by atoms with Gasteiger partial charge in [-0.25, -0.2) is 11.6 Å². The van der Waals surface area contributed by atoms with Crippen LogP contribution in [0.4, 0.5) is 0 Å². The Morgan fingerprint density at radius 3 is 1.53 bits per heavy atom. The number of hydrogen-bond donors (Lipinski definition) is 0. The number of hydrogen-bond acceptors (Lipinski definition) is 0. The molecule has 0 saturated carbocycles. The topological polar surface area (TPSA) is 0 Å². The van der Waals surface area contributed by atoms with E-state index in [0.29, 0.717) is 5.92 Å². The molecule has 0 saturated heterocycles. The molecule has 0 heterocycles. The van der Waals surface area contributed by atoms with Crippen molar-refractivity contribution < 1.29 is 24.2 Å². The minimum absolute atomic E-state index is 0.556. The van der Waals surface area contributed by atoms with Crippen LogP contribution in [0.5, 0.6) is 0 Å². The first-order chi connectivity index (χ1) is 17.4. The average molecular weight is 544 g/mol. The molecule has 0 aromatic heterocycles. The van der Waals surface area contributed by atoms with Crippen molar-refractivity contribution in [1.82, 2.24) is 0 Å². The molecule has 5 aromatic carbocycles. The van der Waals surface area contributed by atoms with Crippen molar-refractivity contribution in [3.05, 3.63) is 149 Å². The van der Waals surface area contributed by atoms with E-state index in [1.54, 1.807) is 0 Å². The van der Waals surface area contributed by atoms with Crippen LogP contribution < -0.4 is 0 Å². The third-order valence-corrected chi connectivity index (χ3v) is 7.65. The fourth-order valence-electron chi connectivity index (χ4n) is 4.38. The first-order valence-corrected chi connectivity index (χ1v) is 13.7. The van der Waals surface area contributed by atoms with Gasteiger partial charge < -0.3 is 0 Å². The Labute approximate surface area is 230 Å². The monoisotopic (exact) mass is 542 g/mol. The molecule has 0 nitrogen and oxygen atoms in total. The maximum absolute atomic E-state index is 3.22. The fourth-order valence-corrected chi connectivity index (χ4v) is 5.20. The second-order valence-electron chi connectivity index (χ2n) is 9.41. The summed E-state index contributed by atoms with van der Waals surface area (Å²) >= 11 is 1.46. The van der Waals surface area contributed by atoms with Crippen molar-refractivity contribution in [2.45, 2.75) is 27.7 Å². The van der Waals surface area contributed by atoms with Crippen molar-refractivity contribution in [3.8, 4) is 0 Å². The molecule has 0 radical (unpaired) electrons. The van der Waals surface area contributed by atoms with Crippen LogP contribution in [0, 0.1) is 25.8 Å². The molecule has 0 aliphatic heterocycles. The maximum atomic E-state index is 3.22. The van der Waals surface area contributed by atoms with E-state index in [1.807, 2.05) is 0 Å². The summed E-state index contributed by atoms with van der Waals surface area (Å²) in [7, 11) is 0. The number of aryl methyl sites for hydroxylation is 2. The van der Waals surface area contributed by atoms with Gasteiger partial charge in [-0.05, 0) is 13.8 Å². The molecule has 0 fully saturated rings.